The Morgan fingerprint density at radius 1 is 1.29 bits per heavy atom. The first-order chi connectivity index (χ1) is 6.86. The minimum absolute atomic E-state index is 0.0505. The normalized spacial score (nSPS) is 29.0. The van der Waals surface area contributed by atoms with Crippen molar-refractivity contribution in [2.24, 2.45) is 0 Å². The summed E-state index contributed by atoms with van der Waals surface area (Å²) in [6, 6.07) is 0.478. The van der Waals surface area contributed by atoms with E-state index in [1.54, 1.807) is 11.8 Å². The Balaban J connectivity index is 1.75. The van der Waals surface area contributed by atoms with Gasteiger partial charge in [0.15, 0.2) is 0 Å². The molecule has 3 nitrogen and oxygen atoms in total. The Morgan fingerprint density at radius 2 is 2.07 bits per heavy atom. The summed E-state index contributed by atoms with van der Waals surface area (Å²) in [5.41, 5.74) is 0. The molecule has 2 N–H and O–H groups in total. The molecule has 0 spiro atoms. The van der Waals surface area contributed by atoms with Crippen LogP contribution in [0.25, 0.3) is 0 Å². The lowest BCUT2D eigenvalue weighted by atomic mass is 10.1. The summed E-state index contributed by atoms with van der Waals surface area (Å²) in [5.74, 6) is 4.42. The van der Waals surface area contributed by atoms with Gasteiger partial charge in [0.2, 0.25) is 5.91 Å². The van der Waals surface area contributed by atoms with E-state index >= 15 is 0 Å². The van der Waals surface area contributed by atoms with E-state index in [1.807, 2.05) is 11.8 Å². The molecular formula is C9H16N2OS2. The quantitative estimate of drug-likeness (QED) is 0.734. The largest absolute Gasteiger partial charge is 0.352 e. The van der Waals surface area contributed by atoms with Crippen molar-refractivity contribution in [3.63, 3.8) is 0 Å². The monoisotopic (exact) mass is 232 g/mol. The molecule has 2 rings (SSSR count). The Kier molecular flexibility index (Phi) is 4.01. The summed E-state index contributed by atoms with van der Waals surface area (Å²) in [7, 11) is 0. The summed E-state index contributed by atoms with van der Waals surface area (Å²) in [6.45, 7) is 0. The number of amides is 1. The van der Waals surface area contributed by atoms with Crippen molar-refractivity contribution < 1.29 is 4.79 Å². The minimum atomic E-state index is 0.0505. The smallest absolute Gasteiger partial charge is 0.238 e. The number of carbonyl (C=O) groups excluding carboxylic acids is 1. The lowest BCUT2D eigenvalue weighted by Gasteiger charge is -2.23. The van der Waals surface area contributed by atoms with Crippen molar-refractivity contribution in [2.75, 3.05) is 23.1 Å². The van der Waals surface area contributed by atoms with Gasteiger partial charge in [0.05, 0.1) is 6.04 Å². The first kappa shape index (κ1) is 10.6. The molecular weight excluding hydrogens is 216 g/mol. The molecule has 0 unspecified atom stereocenters. The number of nitrogens with one attached hydrogen (secondary N) is 2. The lowest BCUT2D eigenvalue weighted by molar-refractivity contribution is -0.123. The van der Waals surface area contributed by atoms with Crippen molar-refractivity contribution in [1.29, 1.82) is 0 Å². The molecule has 1 amide bonds. The SMILES string of the molecule is O=C(NC1CCSCC1)[C@H]1CSCN1. The van der Waals surface area contributed by atoms with Crippen molar-refractivity contribution in [3.05, 3.63) is 0 Å². The third-order valence-electron chi connectivity index (χ3n) is 2.60. The van der Waals surface area contributed by atoms with Crippen LogP contribution < -0.4 is 10.6 Å². The zero-order valence-electron chi connectivity index (χ0n) is 8.12. The fourth-order valence-corrected chi connectivity index (χ4v) is 3.76. The van der Waals surface area contributed by atoms with Gasteiger partial charge in [0.25, 0.3) is 0 Å². The summed E-state index contributed by atoms with van der Waals surface area (Å²) < 4.78 is 0. The Hall–Kier alpha value is 0.130. The number of thioether (sulfide) groups is 2. The second-order valence-corrected chi connectivity index (χ2v) is 5.92. The van der Waals surface area contributed by atoms with Crippen LogP contribution in [0.15, 0.2) is 0 Å². The van der Waals surface area contributed by atoms with Gasteiger partial charge >= 0.3 is 0 Å². The Bertz CT molecular complexity index is 201. The molecule has 0 radical (unpaired) electrons. The van der Waals surface area contributed by atoms with Crippen molar-refractivity contribution >= 4 is 29.4 Å². The van der Waals surface area contributed by atoms with Crippen LogP contribution in [0.3, 0.4) is 0 Å². The summed E-state index contributed by atoms with van der Waals surface area (Å²) in [4.78, 5) is 11.7. The van der Waals surface area contributed by atoms with Gasteiger partial charge in [-0.2, -0.15) is 11.8 Å². The van der Waals surface area contributed by atoms with E-state index in [2.05, 4.69) is 10.6 Å². The predicted molar refractivity (Wildman–Crippen MR) is 62.7 cm³/mol. The van der Waals surface area contributed by atoms with Crippen LogP contribution >= 0.6 is 23.5 Å². The average Bonchev–Trinajstić information content (AvgIpc) is 2.72. The number of hydrogen-bond acceptors (Lipinski definition) is 4. The zero-order valence-corrected chi connectivity index (χ0v) is 9.76. The maximum atomic E-state index is 11.7. The fourth-order valence-electron chi connectivity index (χ4n) is 1.71. The maximum absolute atomic E-state index is 11.7. The second-order valence-electron chi connectivity index (χ2n) is 3.67. The van der Waals surface area contributed by atoms with Crippen LogP contribution in [-0.4, -0.2) is 41.1 Å². The molecule has 1 atom stereocenters. The van der Waals surface area contributed by atoms with E-state index in [4.69, 9.17) is 0 Å². The number of carbonyl (C=O) groups is 1. The van der Waals surface area contributed by atoms with Crippen LogP contribution in [-0.2, 0) is 4.79 Å². The van der Waals surface area contributed by atoms with E-state index in [0.717, 1.165) is 24.5 Å². The van der Waals surface area contributed by atoms with Gasteiger partial charge in [-0.25, -0.2) is 0 Å². The summed E-state index contributed by atoms with van der Waals surface area (Å²) in [5, 5.41) is 6.32. The van der Waals surface area contributed by atoms with Gasteiger partial charge < -0.3 is 5.32 Å². The Morgan fingerprint density at radius 3 is 2.71 bits per heavy atom. The first-order valence-corrected chi connectivity index (χ1v) is 7.36. The standard InChI is InChI=1S/C9H16N2OS2/c12-9(8-5-14-6-10-8)11-7-1-3-13-4-2-7/h7-8,10H,1-6H2,(H,11,12)/t8-/m1/s1. The molecule has 2 aliphatic heterocycles. The molecule has 2 aliphatic rings. The maximum Gasteiger partial charge on any atom is 0.238 e. The number of hydrogen-bond donors (Lipinski definition) is 2. The van der Waals surface area contributed by atoms with Gasteiger partial charge in [-0.05, 0) is 24.3 Å². The molecule has 2 fully saturated rings. The highest BCUT2D eigenvalue weighted by molar-refractivity contribution is 7.99. The molecule has 5 heteroatoms. The van der Waals surface area contributed by atoms with E-state index in [0.29, 0.717) is 6.04 Å². The van der Waals surface area contributed by atoms with Crippen molar-refractivity contribution in [2.45, 2.75) is 24.9 Å². The van der Waals surface area contributed by atoms with Gasteiger partial charge in [0.1, 0.15) is 0 Å². The molecule has 0 aliphatic carbocycles. The van der Waals surface area contributed by atoms with Crippen molar-refractivity contribution in [1.82, 2.24) is 10.6 Å². The van der Waals surface area contributed by atoms with Gasteiger partial charge in [-0.3, -0.25) is 10.1 Å². The third kappa shape index (κ3) is 2.81. The Labute approximate surface area is 93.2 Å². The molecule has 0 bridgehead atoms. The molecule has 0 aromatic heterocycles. The molecule has 0 saturated carbocycles. The third-order valence-corrected chi connectivity index (χ3v) is 4.59. The van der Waals surface area contributed by atoms with E-state index in [1.165, 1.54) is 11.5 Å². The predicted octanol–water partition coefficient (Wildman–Crippen LogP) is 0.661. The molecule has 2 heterocycles. The van der Waals surface area contributed by atoms with Crippen LogP contribution in [0, 0.1) is 0 Å². The van der Waals surface area contributed by atoms with E-state index in [-0.39, 0.29) is 11.9 Å². The van der Waals surface area contributed by atoms with Crippen LogP contribution in [0.5, 0.6) is 0 Å². The molecule has 0 aromatic rings. The fraction of sp³-hybridized carbons (Fsp3) is 0.889. The van der Waals surface area contributed by atoms with Gasteiger partial charge in [-0.15, -0.1) is 11.8 Å². The van der Waals surface area contributed by atoms with Gasteiger partial charge in [-0.1, -0.05) is 0 Å². The van der Waals surface area contributed by atoms with Gasteiger partial charge in [0, 0.05) is 17.7 Å². The molecule has 80 valence electrons. The minimum Gasteiger partial charge on any atom is -0.352 e. The molecule has 14 heavy (non-hydrogen) atoms. The summed E-state index contributed by atoms with van der Waals surface area (Å²) >= 11 is 3.78. The van der Waals surface area contributed by atoms with Crippen LogP contribution in [0.2, 0.25) is 0 Å². The highest BCUT2D eigenvalue weighted by Gasteiger charge is 2.25. The zero-order chi connectivity index (χ0) is 9.80. The first-order valence-electron chi connectivity index (χ1n) is 5.05. The van der Waals surface area contributed by atoms with Crippen LogP contribution in [0.1, 0.15) is 12.8 Å². The van der Waals surface area contributed by atoms with Crippen molar-refractivity contribution in [3.8, 4) is 0 Å². The molecule has 2 saturated heterocycles. The van der Waals surface area contributed by atoms with E-state index < -0.39 is 0 Å². The highest BCUT2D eigenvalue weighted by Crippen LogP contribution is 2.17. The lowest BCUT2D eigenvalue weighted by Crippen LogP contribution is -2.47. The number of rotatable bonds is 2. The van der Waals surface area contributed by atoms with Crippen LogP contribution in [0.4, 0.5) is 0 Å². The summed E-state index contributed by atoms with van der Waals surface area (Å²) in [6.07, 6.45) is 2.27. The second kappa shape index (κ2) is 5.28. The molecule has 0 aromatic carbocycles. The topological polar surface area (TPSA) is 41.1 Å². The van der Waals surface area contributed by atoms with E-state index in [9.17, 15) is 4.79 Å². The average molecular weight is 232 g/mol. The highest BCUT2D eigenvalue weighted by atomic mass is 32.2.